The third kappa shape index (κ3) is 3.79. The lowest BCUT2D eigenvalue weighted by molar-refractivity contribution is -0.112. The minimum Gasteiger partial charge on any atom is -0.347 e. The molecule has 4 rings (SSSR count). The summed E-state index contributed by atoms with van der Waals surface area (Å²) >= 11 is 1.44. The van der Waals surface area contributed by atoms with Crippen molar-refractivity contribution in [2.75, 3.05) is 17.7 Å². The van der Waals surface area contributed by atoms with Crippen molar-refractivity contribution in [1.82, 2.24) is 14.8 Å². The number of fused-ring (bicyclic) bond motifs is 1. The zero-order chi connectivity index (χ0) is 21.3. The highest BCUT2D eigenvalue weighted by molar-refractivity contribution is 7.99. The predicted octanol–water partition coefficient (Wildman–Crippen LogP) is 4.61. The van der Waals surface area contributed by atoms with E-state index in [1.165, 1.54) is 22.9 Å². The third-order valence-corrected chi connectivity index (χ3v) is 6.66. The first kappa shape index (κ1) is 20.4. The summed E-state index contributed by atoms with van der Waals surface area (Å²) in [5, 5.41) is 9.27. The number of para-hydroxylation sites is 1. The molecule has 0 radical (unpaired) electrons. The molecule has 0 spiro atoms. The number of rotatable bonds is 6. The topological polar surface area (TPSA) is 51.0 Å². The van der Waals surface area contributed by atoms with Gasteiger partial charge in [-0.05, 0) is 24.1 Å². The number of ketones is 1. The largest absolute Gasteiger partial charge is 0.347 e. The van der Waals surface area contributed by atoms with E-state index < -0.39 is 0 Å². The molecule has 0 saturated carbocycles. The van der Waals surface area contributed by atoms with E-state index in [1.54, 1.807) is 6.08 Å². The molecule has 0 aliphatic carbocycles. The van der Waals surface area contributed by atoms with Gasteiger partial charge in [-0.1, -0.05) is 74.1 Å². The van der Waals surface area contributed by atoms with Crippen LogP contribution in [0.1, 0.15) is 30.8 Å². The summed E-state index contributed by atoms with van der Waals surface area (Å²) in [5.41, 5.74) is 4.42. The van der Waals surface area contributed by atoms with Crippen molar-refractivity contribution in [2.45, 2.75) is 37.9 Å². The summed E-state index contributed by atoms with van der Waals surface area (Å²) in [5.74, 6) is 1.25. The normalized spacial score (nSPS) is 16.1. The number of carbonyl (C=O) groups excluding carboxylic acids is 1. The average Bonchev–Trinajstić information content (AvgIpc) is 3.18. The number of allylic oxidation sites excluding steroid dienone is 2. The molecule has 1 aliphatic rings. The Balaban J connectivity index is 1.49. The Labute approximate surface area is 181 Å². The molecule has 154 valence electrons. The second kappa shape index (κ2) is 8.11. The summed E-state index contributed by atoms with van der Waals surface area (Å²) in [6, 6.07) is 18.5. The van der Waals surface area contributed by atoms with E-state index >= 15 is 0 Å². The molecule has 0 unspecified atom stereocenters. The fraction of sp³-hybridized carbons (Fsp3) is 0.292. The van der Waals surface area contributed by atoms with Gasteiger partial charge in [-0.2, -0.15) is 0 Å². The monoisotopic (exact) mass is 418 g/mol. The lowest BCUT2D eigenvalue weighted by Gasteiger charge is -2.23. The van der Waals surface area contributed by atoms with Crippen LogP contribution in [0.3, 0.4) is 0 Å². The van der Waals surface area contributed by atoms with Crippen LogP contribution in [0.15, 0.2) is 71.5 Å². The Bertz CT molecular complexity index is 1100. The molecule has 30 heavy (non-hydrogen) atoms. The van der Waals surface area contributed by atoms with Crippen LogP contribution in [-0.4, -0.2) is 33.3 Å². The van der Waals surface area contributed by atoms with E-state index in [-0.39, 0.29) is 11.2 Å². The van der Waals surface area contributed by atoms with Gasteiger partial charge in [0.25, 0.3) is 0 Å². The number of aryl methyl sites for hydroxylation is 1. The summed E-state index contributed by atoms with van der Waals surface area (Å²) in [6.07, 6.45) is 1.79. The lowest BCUT2D eigenvalue weighted by Crippen LogP contribution is -2.24. The van der Waals surface area contributed by atoms with Crippen molar-refractivity contribution >= 4 is 23.2 Å². The number of hydrogen-bond donors (Lipinski definition) is 0. The molecule has 5 nitrogen and oxygen atoms in total. The van der Waals surface area contributed by atoms with Gasteiger partial charge in [0.05, 0.1) is 12.3 Å². The zero-order valence-corrected chi connectivity index (χ0v) is 18.6. The second-order valence-electron chi connectivity index (χ2n) is 8.09. The van der Waals surface area contributed by atoms with Crippen LogP contribution < -0.4 is 4.90 Å². The molecule has 1 aliphatic heterocycles. The molecule has 0 bridgehead atoms. The molecule has 0 saturated heterocycles. The number of aromatic nitrogens is 3. The van der Waals surface area contributed by atoms with Crippen LogP contribution in [0, 0.1) is 6.92 Å². The smallest absolute Gasteiger partial charge is 0.191 e. The highest BCUT2D eigenvalue weighted by Crippen LogP contribution is 2.46. The van der Waals surface area contributed by atoms with Crippen molar-refractivity contribution in [3.05, 3.63) is 83.3 Å². The molecule has 6 heteroatoms. The fourth-order valence-corrected chi connectivity index (χ4v) is 4.81. The molecular formula is C24H26N4OS. The molecule has 3 aromatic rings. The molecule has 0 fully saturated rings. The van der Waals surface area contributed by atoms with E-state index in [0.29, 0.717) is 12.3 Å². The summed E-state index contributed by atoms with van der Waals surface area (Å²) in [6.45, 7) is 6.97. The van der Waals surface area contributed by atoms with Gasteiger partial charge < -0.3 is 9.47 Å². The zero-order valence-electron chi connectivity index (χ0n) is 17.8. The van der Waals surface area contributed by atoms with E-state index in [1.807, 2.05) is 38.2 Å². The van der Waals surface area contributed by atoms with Gasteiger partial charge in [0.2, 0.25) is 0 Å². The molecule has 2 aromatic carbocycles. The Morgan fingerprint density at radius 1 is 1.07 bits per heavy atom. The van der Waals surface area contributed by atoms with Crippen molar-refractivity contribution in [3.63, 3.8) is 0 Å². The van der Waals surface area contributed by atoms with Gasteiger partial charge in [-0.3, -0.25) is 4.79 Å². The number of anilines is 1. The van der Waals surface area contributed by atoms with Crippen molar-refractivity contribution < 1.29 is 4.79 Å². The Kier molecular flexibility index (Phi) is 5.52. The van der Waals surface area contributed by atoms with E-state index in [0.717, 1.165) is 22.4 Å². The van der Waals surface area contributed by atoms with Gasteiger partial charge in [0.1, 0.15) is 5.82 Å². The maximum absolute atomic E-state index is 12.9. The van der Waals surface area contributed by atoms with Crippen LogP contribution in [0.2, 0.25) is 0 Å². The predicted molar refractivity (Wildman–Crippen MR) is 122 cm³/mol. The summed E-state index contributed by atoms with van der Waals surface area (Å²) in [7, 11) is 2.03. The molecular weight excluding hydrogens is 392 g/mol. The van der Waals surface area contributed by atoms with Crippen LogP contribution in [0.5, 0.6) is 0 Å². The average molecular weight is 419 g/mol. The summed E-state index contributed by atoms with van der Waals surface area (Å²) < 4.78 is 2.06. The maximum atomic E-state index is 12.9. The van der Waals surface area contributed by atoms with Crippen molar-refractivity contribution in [3.8, 4) is 0 Å². The Morgan fingerprint density at radius 2 is 1.77 bits per heavy atom. The van der Waals surface area contributed by atoms with Gasteiger partial charge in [-0.25, -0.2) is 0 Å². The van der Waals surface area contributed by atoms with Gasteiger partial charge in [-0.15, -0.1) is 10.2 Å². The minimum absolute atomic E-state index is 0.0784. The van der Waals surface area contributed by atoms with Crippen LogP contribution in [-0.2, 0) is 16.8 Å². The SMILES string of the molecule is Cc1nnc(SCC(=O)C=C2N(C)c3ccccc3C2(C)C)n1Cc1ccccc1. The van der Waals surface area contributed by atoms with Crippen LogP contribution in [0.4, 0.5) is 5.69 Å². The number of carbonyl (C=O) groups is 1. The molecule has 0 amide bonds. The second-order valence-corrected chi connectivity index (χ2v) is 9.03. The van der Waals surface area contributed by atoms with E-state index in [9.17, 15) is 4.79 Å². The standard InChI is InChI=1S/C24H26N4OS/c1-17-25-26-23(28(17)15-18-10-6-5-7-11-18)30-16-19(29)14-22-24(2,3)20-12-8-9-13-21(20)27(22)4/h5-14H,15-16H2,1-4H3. The quantitative estimate of drug-likeness (QED) is 0.432. The van der Waals surface area contributed by atoms with Gasteiger partial charge in [0.15, 0.2) is 10.9 Å². The number of likely N-dealkylation sites (N-methyl/N-ethyl adjacent to an activating group) is 1. The first-order valence-electron chi connectivity index (χ1n) is 10.0. The number of benzene rings is 2. The number of thioether (sulfide) groups is 1. The van der Waals surface area contributed by atoms with E-state index in [2.05, 4.69) is 63.8 Å². The third-order valence-electron chi connectivity index (χ3n) is 5.67. The maximum Gasteiger partial charge on any atom is 0.191 e. The first-order chi connectivity index (χ1) is 14.4. The van der Waals surface area contributed by atoms with Gasteiger partial charge in [0, 0.05) is 29.9 Å². The first-order valence-corrected chi connectivity index (χ1v) is 11.0. The summed E-state index contributed by atoms with van der Waals surface area (Å²) in [4.78, 5) is 15.0. The molecule has 0 N–H and O–H groups in total. The number of nitrogens with zero attached hydrogens (tertiary/aromatic N) is 4. The van der Waals surface area contributed by atoms with Crippen LogP contribution in [0.25, 0.3) is 0 Å². The molecule has 2 heterocycles. The Hall–Kier alpha value is -2.86. The molecule has 1 aromatic heterocycles. The Morgan fingerprint density at radius 3 is 2.50 bits per heavy atom. The van der Waals surface area contributed by atoms with Crippen molar-refractivity contribution in [1.29, 1.82) is 0 Å². The highest BCUT2D eigenvalue weighted by Gasteiger charge is 2.38. The fourth-order valence-electron chi connectivity index (χ4n) is 4.01. The lowest BCUT2D eigenvalue weighted by atomic mass is 9.83. The highest BCUT2D eigenvalue weighted by atomic mass is 32.2. The van der Waals surface area contributed by atoms with Crippen LogP contribution >= 0.6 is 11.8 Å². The number of hydrogen-bond acceptors (Lipinski definition) is 5. The van der Waals surface area contributed by atoms with Crippen molar-refractivity contribution in [2.24, 2.45) is 0 Å². The van der Waals surface area contributed by atoms with Gasteiger partial charge >= 0.3 is 0 Å². The minimum atomic E-state index is -0.199. The van der Waals surface area contributed by atoms with E-state index in [4.69, 9.17) is 0 Å². The molecule has 0 atom stereocenters.